The van der Waals surface area contributed by atoms with E-state index < -0.39 is 44.4 Å². The number of nitrogens with zero attached hydrogens (tertiary/aromatic N) is 1. The predicted molar refractivity (Wildman–Crippen MR) is 144 cm³/mol. The summed E-state index contributed by atoms with van der Waals surface area (Å²) < 4.78 is 0. The minimum atomic E-state index is -4.23. The van der Waals surface area contributed by atoms with E-state index in [4.69, 9.17) is 0 Å². The maximum absolute atomic E-state index is 13.4. The van der Waals surface area contributed by atoms with Crippen molar-refractivity contribution in [1.29, 1.82) is 0 Å². The SMILES string of the molecule is CC(=O)[C@H](Cc1c[nH]c2ccccc12)NC(=O)[C@H](CC(C)C)C[Si](O)(O)CN1C(=O)c2ccccc2C1=O. The molecule has 38 heavy (non-hydrogen) atoms. The molecule has 0 fully saturated rings. The Morgan fingerprint density at radius 2 is 1.61 bits per heavy atom. The summed E-state index contributed by atoms with van der Waals surface area (Å²) in [6.45, 7) is 5.24. The smallest absolute Gasteiger partial charge is 0.354 e. The second kappa shape index (κ2) is 11.0. The molecule has 0 spiro atoms. The van der Waals surface area contributed by atoms with Gasteiger partial charge in [-0.25, -0.2) is 0 Å². The van der Waals surface area contributed by atoms with Gasteiger partial charge in [0.25, 0.3) is 11.8 Å². The van der Waals surface area contributed by atoms with Crippen LogP contribution in [0.2, 0.25) is 6.04 Å². The summed E-state index contributed by atoms with van der Waals surface area (Å²) in [5.41, 5.74) is 2.26. The van der Waals surface area contributed by atoms with Gasteiger partial charge in [-0.3, -0.25) is 24.1 Å². The first-order valence-corrected chi connectivity index (χ1v) is 15.0. The summed E-state index contributed by atoms with van der Waals surface area (Å²) in [6.07, 6.45) is 1.92. The summed E-state index contributed by atoms with van der Waals surface area (Å²) in [4.78, 5) is 77.3. The number of para-hydroxylation sites is 1. The van der Waals surface area contributed by atoms with Gasteiger partial charge in [0.15, 0.2) is 5.78 Å². The number of fused-ring (bicyclic) bond motifs is 2. The fourth-order valence-electron chi connectivity index (χ4n) is 5.05. The third kappa shape index (κ3) is 5.93. The van der Waals surface area contributed by atoms with E-state index in [9.17, 15) is 28.8 Å². The standard InChI is InChI=1S/C28H33N3O6Si/c1-17(2)12-20(15-38(36,37)16-31-27(34)22-9-4-5-10-23(22)28(31)35)26(33)30-25(18(3)32)13-19-14-29-24-11-7-6-8-21(19)24/h4-11,14,17,20,25,29,36-37H,12-13,15-16H2,1-3H3,(H,30,33)/t20-,25+/m1/s1. The van der Waals surface area contributed by atoms with Crippen molar-refractivity contribution in [3.8, 4) is 0 Å². The number of H-pyrrole nitrogens is 1. The summed E-state index contributed by atoms with van der Waals surface area (Å²) in [5.74, 6) is -2.58. The van der Waals surface area contributed by atoms with Crippen LogP contribution in [0.4, 0.5) is 0 Å². The molecule has 4 N–H and O–H groups in total. The first-order valence-electron chi connectivity index (χ1n) is 12.7. The van der Waals surface area contributed by atoms with E-state index in [-0.39, 0.29) is 35.3 Å². The van der Waals surface area contributed by atoms with Crippen molar-refractivity contribution in [2.24, 2.45) is 11.8 Å². The molecule has 1 aliphatic rings. The molecule has 3 aromatic rings. The Labute approximate surface area is 222 Å². The molecule has 0 saturated carbocycles. The second-order valence-electron chi connectivity index (χ2n) is 10.5. The number of ketones is 1. The van der Waals surface area contributed by atoms with Gasteiger partial charge in [-0.05, 0) is 43.0 Å². The molecule has 200 valence electrons. The van der Waals surface area contributed by atoms with Gasteiger partial charge in [0.2, 0.25) is 5.91 Å². The summed E-state index contributed by atoms with van der Waals surface area (Å²) in [6, 6.07) is 12.9. The van der Waals surface area contributed by atoms with Crippen LogP contribution >= 0.6 is 0 Å². The van der Waals surface area contributed by atoms with Crippen molar-refractivity contribution < 1.29 is 28.8 Å². The molecule has 4 rings (SSSR count). The zero-order chi connectivity index (χ0) is 27.6. The molecular formula is C28H33N3O6Si. The molecular weight excluding hydrogens is 502 g/mol. The van der Waals surface area contributed by atoms with Crippen LogP contribution in [-0.2, 0) is 16.0 Å². The molecule has 9 nitrogen and oxygen atoms in total. The van der Waals surface area contributed by atoms with Crippen LogP contribution in [0.1, 0.15) is 53.5 Å². The number of nitrogens with one attached hydrogen (secondary N) is 2. The van der Waals surface area contributed by atoms with Crippen LogP contribution in [0.25, 0.3) is 10.9 Å². The van der Waals surface area contributed by atoms with Gasteiger partial charge in [-0.2, -0.15) is 0 Å². The zero-order valence-corrected chi connectivity index (χ0v) is 22.7. The first-order chi connectivity index (χ1) is 18.0. The van der Waals surface area contributed by atoms with Gasteiger partial charge in [0.05, 0.1) is 23.3 Å². The van der Waals surface area contributed by atoms with Gasteiger partial charge in [0, 0.05) is 35.5 Å². The lowest BCUT2D eigenvalue weighted by Crippen LogP contribution is -2.53. The number of carbonyl (C=O) groups is 4. The van der Waals surface area contributed by atoms with Gasteiger partial charge in [-0.1, -0.05) is 44.2 Å². The quantitative estimate of drug-likeness (QED) is 0.220. The minimum absolute atomic E-state index is 0.0549. The fourth-order valence-corrected chi connectivity index (χ4v) is 7.12. The average Bonchev–Trinajstić information content (AvgIpc) is 3.37. The number of aromatic nitrogens is 1. The van der Waals surface area contributed by atoms with E-state index in [2.05, 4.69) is 10.3 Å². The lowest BCUT2D eigenvalue weighted by molar-refractivity contribution is -0.129. The Kier molecular flexibility index (Phi) is 7.96. The Balaban J connectivity index is 1.48. The Morgan fingerprint density at radius 1 is 1.00 bits per heavy atom. The molecule has 0 radical (unpaired) electrons. The topological polar surface area (TPSA) is 140 Å². The van der Waals surface area contributed by atoms with Crippen LogP contribution in [0.5, 0.6) is 0 Å². The van der Waals surface area contributed by atoms with E-state index in [1.807, 2.05) is 44.3 Å². The number of amides is 3. The van der Waals surface area contributed by atoms with Crippen LogP contribution in [0.3, 0.4) is 0 Å². The maximum atomic E-state index is 13.4. The molecule has 0 aliphatic carbocycles. The van der Waals surface area contributed by atoms with Crippen molar-refractivity contribution in [3.63, 3.8) is 0 Å². The van der Waals surface area contributed by atoms with E-state index >= 15 is 0 Å². The molecule has 0 unspecified atom stereocenters. The number of carbonyl (C=O) groups excluding carboxylic acids is 4. The van der Waals surface area contributed by atoms with Crippen LogP contribution in [-0.4, -0.2) is 63.8 Å². The normalized spacial score (nSPS) is 15.2. The van der Waals surface area contributed by atoms with E-state index in [0.717, 1.165) is 21.4 Å². The average molecular weight is 536 g/mol. The Hall–Kier alpha value is -3.60. The summed E-state index contributed by atoms with van der Waals surface area (Å²) in [5, 5.41) is 3.79. The van der Waals surface area contributed by atoms with Gasteiger partial charge in [-0.15, -0.1) is 0 Å². The van der Waals surface area contributed by atoms with Gasteiger partial charge < -0.3 is 19.9 Å². The van der Waals surface area contributed by atoms with E-state index in [1.54, 1.807) is 12.1 Å². The second-order valence-corrected chi connectivity index (χ2v) is 13.2. The van der Waals surface area contributed by atoms with E-state index in [0.29, 0.717) is 6.42 Å². The monoisotopic (exact) mass is 535 g/mol. The van der Waals surface area contributed by atoms with Crippen molar-refractivity contribution in [2.75, 3.05) is 6.17 Å². The molecule has 3 amide bonds. The highest BCUT2D eigenvalue weighted by Crippen LogP contribution is 2.27. The van der Waals surface area contributed by atoms with Crippen molar-refractivity contribution in [2.45, 2.75) is 45.7 Å². The molecule has 0 bridgehead atoms. The third-order valence-electron chi connectivity index (χ3n) is 6.90. The third-order valence-corrected chi connectivity index (χ3v) is 8.87. The maximum Gasteiger partial charge on any atom is 0.354 e. The molecule has 10 heteroatoms. The molecule has 1 aliphatic heterocycles. The number of aromatic amines is 1. The number of imide groups is 1. The van der Waals surface area contributed by atoms with Crippen LogP contribution < -0.4 is 5.32 Å². The van der Waals surface area contributed by atoms with Crippen LogP contribution in [0, 0.1) is 11.8 Å². The van der Waals surface area contributed by atoms with Crippen molar-refractivity contribution in [1.82, 2.24) is 15.2 Å². The fraction of sp³-hybridized carbons (Fsp3) is 0.357. The number of Topliss-reactive ketones (excluding diaryl/α,β-unsaturated/α-hetero) is 1. The number of benzene rings is 2. The molecule has 2 heterocycles. The lowest BCUT2D eigenvalue weighted by atomic mass is 9.96. The number of hydrogen-bond donors (Lipinski definition) is 4. The Bertz CT molecular complexity index is 1350. The highest BCUT2D eigenvalue weighted by Gasteiger charge is 2.44. The van der Waals surface area contributed by atoms with Gasteiger partial charge >= 0.3 is 8.56 Å². The predicted octanol–water partition coefficient (Wildman–Crippen LogP) is 2.71. The lowest BCUT2D eigenvalue weighted by Gasteiger charge is -2.28. The molecule has 2 atom stereocenters. The van der Waals surface area contributed by atoms with E-state index in [1.165, 1.54) is 19.1 Å². The molecule has 2 aromatic carbocycles. The first kappa shape index (κ1) is 27.4. The Morgan fingerprint density at radius 3 is 2.21 bits per heavy atom. The summed E-state index contributed by atoms with van der Waals surface area (Å²) >= 11 is 0. The molecule has 1 aromatic heterocycles. The zero-order valence-electron chi connectivity index (χ0n) is 21.7. The van der Waals surface area contributed by atoms with Gasteiger partial charge in [0.1, 0.15) is 0 Å². The highest BCUT2D eigenvalue weighted by molar-refractivity contribution is 6.65. The molecule has 0 saturated heterocycles. The van der Waals surface area contributed by atoms with Crippen molar-refractivity contribution >= 4 is 43.0 Å². The largest absolute Gasteiger partial charge is 0.410 e. The summed E-state index contributed by atoms with van der Waals surface area (Å²) in [7, 11) is -4.23. The highest BCUT2D eigenvalue weighted by atomic mass is 28.4. The number of hydrogen-bond acceptors (Lipinski definition) is 6. The van der Waals surface area contributed by atoms with Crippen molar-refractivity contribution in [3.05, 3.63) is 71.4 Å². The minimum Gasteiger partial charge on any atom is -0.410 e. The van der Waals surface area contributed by atoms with Crippen LogP contribution in [0.15, 0.2) is 54.7 Å². The number of rotatable bonds is 11.